The molecule has 2 heterocycles. The average molecular weight is 241 g/mol. The molecule has 0 bridgehead atoms. The van der Waals surface area contributed by atoms with Gasteiger partial charge < -0.3 is 10.1 Å². The van der Waals surface area contributed by atoms with E-state index in [1.807, 2.05) is 37.4 Å². The van der Waals surface area contributed by atoms with Crippen LogP contribution >= 0.6 is 0 Å². The van der Waals surface area contributed by atoms with Crippen LogP contribution in [0.25, 0.3) is 11.4 Å². The summed E-state index contributed by atoms with van der Waals surface area (Å²) in [5.74, 6) is 1.58. The second kappa shape index (κ2) is 4.74. The fraction of sp³-hybridized carbons (Fsp3) is 0.286. The van der Waals surface area contributed by atoms with Crippen LogP contribution < -0.4 is 10.1 Å². The van der Waals surface area contributed by atoms with Crippen LogP contribution in [0.4, 0.5) is 0 Å². The van der Waals surface area contributed by atoms with Gasteiger partial charge in [0, 0.05) is 24.8 Å². The predicted octanol–water partition coefficient (Wildman–Crippen LogP) is 2.15. The second-order valence-electron chi connectivity index (χ2n) is 4.20. The van der Waals surface area contributed by atoms with Gasteiger partial charge in [-0.25, -0.2) is 9.97 Å². The standard InChI is InChI=1S/C14H15N3O/c1-2-18-13-6-4-3-5-11(13)14-16-8-10-7-15-9-12(10)17-14/h3-6,8,15H,2,7,9H2,1H3. The van der Waals surface area contributed by atoms with Gasteiger partial charge in [-0.2, -0.15) is 0 Å². The molecule has 0 spiro atoms. The van der Waals surface area contributed by atoms with Crippen LogP contribution in [-0.2, 0) is 13.1 Å². The normalized spacial score (nSPS) is 13.4. The minimum Gasteiger partial charge on any atom is -0.493 e. The molecule has 0 saturated heterocycles. The molecule has 4 nitrogen and oxygen atoms in total. The van der Waals surface area contributed by atoms with Crippen molar-refractivity contribution in [3.63, 3.8) is 0 Å². The van der Waals surface area contributed by atoms with Crippen molar-refractivity contribution in [2.45, 2.75) is 20.0 Å². The highest BCUT2D eigenvalue weighted by molar-refractivity contribution is 5.64. The largest absolute Gasteiger partial charge is 0.493 e. The van der Waals surface area contributed by atoms with Crippen molar-refractivity contribution < 1.29 is 4.74 Å². The summed E-state index contributed by atoms with van der Waals surface area (Å²) in [6.45, 7) is 4.30. The number of nitrogens with zero attached hydrogens (tertiary/aromatic N) is 2. The van der Waals surface area contributed by atoms with Gasteiger partial charge in [0.1, 0.15) is 5.75 Å². The molecule has 0 fully saturated rings. The molecule has 3 rings (SSSR count). The number of para-hydroxylation sites is 1. The van der Waals surface area contributed by atoms with Crippen molar-refractivity contribution >= 4 is 0 Å². The molecule has 0 radical (unpaired) electrons. The van der Waals surface area contributed by atoms with Gasteiger partial charge in [-0.05, 0) is 19.1 Å². The Morgan fingerprint density at radius 3 is 3.06 bits per heavy atom. The molecule has 0 unspecified atom stereocenters. The Morgan fingerprint density at radius 1 is 1.28 bits per heavy atom. The van der Waals surface area contributed by atoms with Crippen LogP contribution in [0.15, 0.2) is 30.5 Å². The molecular formula is C14H15N3O. The summed E-state index contributed by atoms with van der Waals surface area (Å²) in [6.07, 6.45) is 1.90. The molecule has 1 N–H and O–H groups in total. The summed E-state index contributed by atoms with van der Waals surface area (Å²) in [4.78, 5) is 9.05. The molecular weight excluding hydrogens is 226 g/mol. The van der Waals surface area contributed by atoms with Crippen LogP contribution in [0.5, 0.6) is 5.75 Å². The molecule has 92 valence electrons. The van der Waals surface area contributed by atoms with E-state index in [1.54, 1.807) is 0 Å². The maximum absolute atomic E-state index is 5.62. The molecule has 0 amide bonds. The summed E-state index contributed by atoms with van der Waals surface area (Å²) in [6, 6.07) is 7.89. The lowest BCUT2D eigenvalue weighted by atomic mass is 10.1. The van der Waals surface area contributed by atoms with E-state index in [0.717, 1.165) is 35.9 Å². The summed E-state index contributed by atoms with van der Waals surface area (Å²) >= 11 is 0. The van der Waals surface area contributed by atoms with Gasteiger partial charge in [0.05, 0.1) is 17.9 Å². The monoisotopic (exact) mass is 241 g/mol. The number of hydrogen-bond acceptors (Lipinski definition) is 4. The molecule has 18 heavy (non-hydrogen) atoms. The van der Waals surface area contributed by atoms with E-state index >= 15 is 0 Å². The third-order valence-electron chi connectivity index (χ3n) is 2.99. The molecule has 1 aromatic heterocycles. The third-order valence-corrected chi connectivity index (χ3v) is 2.99. The van der Waals surface area contributed by atoms with Crippen LogP contribution in [0.3, 0.4) is 0 Å². The Labute approximate surface area is 106 Å². The lowest BCUT2D eigenvalue weighted by Gasteiger charge is -2.09. The first-order valence-corrected chi connectivity index (χ1v) is 6.16. The average Bonchev–Trinajstić information content (AvgIpc) is 2.87. The Morgan fingerprint density at radius 2 is 2.17 bits per heavy atom. The minimum atomic E-state index is 0.642. The summed E-state index contributed by atoms with van der Waals surface area (Å²) in [5.41, 5.74) is 3.23. The van der Waals surface area contributed by atoms with E-state index in [-0.39, 0.29) is 0 Å². The van der Waals surface area contributed by atoms with Gasteiger partial charge in [-0.15, -0.1) is 0 Å². The first kappa shape index (κ1) is 11.2. The molecule has 0 saturated carbocycles. The minimum absolute atomic E-state index is 0.642. The fourth-order valence-corrected chi connectivity index (χ4v) is 2.12. The smallest absolute Gasteiger partial charge is 0.163 e. The number of aromatic nitrogens is 2. The highest BCUT2D eigenvalue weighted by atomic mass is 16.5. The van der Waals surface area contributed by atoms with E-state index in [1.165, 1.54) is 5.56 Å². The van der Waals surface area contributed by atoms with Gasteiger partial charge in [0.2, 0.25) is 0 Å². The molecule has 2 aromatic rings. The zero-order chi connectivity index (χ0) is 12.4. The van der Waals surface area contributed by atoms with Crippen LogP contribution in [0.1, 0.15) is 18.2 Å². The Hall–Kier alpha value is -1.94. The maximum Gasteiger partial charge on any atom is 0.163 e. The van der Waals surface area contributed by atoms with Crippen molar-refractivity contribution in [2.75, 3.05) is 6.61 Å². The van der Waals surface area contributed by atoms with Crippen molar-refractivity contribution in [2.24, 2.45) is 0 Å². The van der Waals surface area contributed by atoms with Crippen LogP contribution in [0, 0.1) is 0 Å². The summed E-state index contributed by atoms with van der Waals surface area (Å²) in [7, 11) is 0. The number of rotatable bonds is 3. The lowest BCUT2D eigenvalue weighted by molar-refractivity contribution is 0.341. The molecule has 0 atom stereocenters. The van der Waals surface area contributed by atoms with Gasteiger partial charge in [0.15, 0.2) is 5.82 Å². The third kappa shape index (κ3) is 1.95. The zero-order valence-corrected chi connectivity index (χ0v) is 10.3. The number of ether oxygens (including phenoxy) is 1. The van der Waals surface area contributed by atoms with Crippen molar-refractivity contribution in [3.8, 4) is 17.1 Å². The van der Waals surface area contributed by atoms with Gasteiger partial charge in [0.25, 0.3) is 0 Å². The molecule has 4 heteroatoms. The second-order valence-corrected chi connectivity index (χ2v) is 4.20. The zero-order valence-electron chi connectivity index (χ0n) is 10.3. The molecule has 0 aliphatic carbocycles. The number of nitrogens with one attached hydrogen (secondary N) is 1. The topological polar surface area (TPSA) is 47.0 Å². The lowest BCUT2D eigenvalue weighted by Crippen LogP contribution is -2.01. The van der Waals surface area contributed by atoms with Crippen LogP contribution in [-0.4, -0.2) is 16.6 Å². The Bertz CT molecular complexity index is 569. The van der Waals surface area contributed by atoms with Crippen molar-refractivity contribution in [1.29, 1.82) is 0 Å². The number of hydrogen-bond donors (Lipinski definition) is 1. The highest BCUT2D eigenvalue weighted by Crippen LogP contribution is 2.28. The molecule has 1 aliphatic rings. The fourth-order valence-electron chi connectivity index (χ4n) is 2.12. The first-order valence-electron chi connectivity index (χ1n) is 6.16. The van der Waals surface area contributed by atoms with Crippen molar-refractivity contribution in [3.05, 3.63) is 41.7 Å². The van der Waals surface area contributed by atoms with E-state index < -0.39 is 0 Å². The number of benzene rings is 1. The van der Waals surface area contributed by atoms with Gasteiger partial charge in [-0.3, -0.25) is 0 Å². The molecule has 1 aromatic carbocycles. The first-order chi connectivity index (χ1) is 8.88. The van der Waals surface area contributed by atoms with E-state index in [4.69, 9.17) is 4.74 Å². The predicted molar refractivity (Wildman–Crippen MR) is 69.2 cm³/mol. The van der Waals surface area contributed by atoms with Crippen molar-refractivity contribution in [1.82, 2.24) is 15.3 Å². The maximum atomic E-state index is 5.62. The SMILES string of the molecule is CCOc1ccccc1-c1ncc2c(n1)CNC2. The quantitative estimate of drug-likeness (QED) is 0.894. The Kier molecular flexibility index (Phi) is 2.94. The van der Waals surface area contributed by atoms with E-state index in [2.05, 4.69) is 15.3 Å². The number of fused-ring (bicyclic) bond motifs is 1. The van der Waals surface area contributed by atoms with Crippen LogP contribution in [0.2, 0.25) is 0 Å². The van der Waals surface area contributed by atoms with E-state index in [0.29, 0.717) is 6.61 Å². The Balaban J connectivity index is 2.04. The molecule has 1 aliphatic heterocycles. The summed E-state index contributed by atoms with van der Waals surface area (Å²) < 4.78 is 5.62. The van der Waals surface area contributed by atoms with Gasteiger partial charge in [-0.1, -0.05) is 12.1 Å². The summed E-state index contributed by atoms with van der Waals surface area (Å²) in [5, 5.41) is 3.27. The highest BCUT2D eigenvalue weighted by Gasteiger charge is 2.15. The van der Waals surface area contributed by atoms with E-state index in [9.17, 15) is 0 Å². The van der Waals surface area contributed by atoms with Gasteiger partial charge >= 0.3 is 0 Å².